The van der Waals surface area contributed by atoms with Crippen LogP contribution in [0.3, 0.4) is 0 Å². The van der Waals surface area contributed by atoms with Gasteiger partial charge in [-0.15, -0.1) is 0 Å². The van der Waals surface area contributed by atoms with Crippen LogP contribution in [0.15, 0.2) is 42.5 Å². The second kappa shape index (κ2) is 7.23. The van der Waals surface area contributed by atoms with Crippen LogP contribution in [-0.4, -0.2) is 30.5 Å². The lowest BCUT2D eigenvalue weighted by Gasteiger charge is -2.33. The summed E-state index contributed by atoms with van der Waals surface area (Å²) in [5.74, 6) is -0.166. The molecule has 2 aromatic carbocycles. The summed E-state index contributed by atoms with van der Waals surface area (Å²) in [7, 11) is 0. The number of hydrogen-bond donors (Lipinski definition) is 0. The minimum Gasteiger partial charge on any atom is -0.370 e. The number of nitrogens with zero attached hydrogens (tertiary/aromatic N) is 2. The first kappa shape index (κ1) is 16.8. The lowest BCUT2D eigenvalue weighted by Crippen LogP contribution is -2.42. The van der Waals surface area contributed by atoms with Gasteiger partial charge in [-0.1, -0.05) is 41.4 Å². The van der Waals surface area contributed by atoms with E-state index in [2.05, 4.69) is 6.07 Å². The quantitative estimate of drug-likeness (QED) is 0.810. The average Bonchev–Trinajstić information content (AvgIpc) is 2.63. The molecule has 1 saturated heterocycles. The lowest BCUT2D eigenvalue weighted by molar-refractivity contribution is -0.0228. The highest BCUT2D eigenvalue weighted by Gasteiger charge is 2.27. The van der Waals surface area contributed by atoms with Crippen molar-refractivity contribution in [3.8, 4) is 6.07 Å². The Bertz CT molecular complexity index is 817. The zero-order valence-corrected chi connectivity index (χ0v) is 14.2. The molecule has 4 nitrogen and oxygen atoms in total. The van der Waals surface area contributed by atoms with Crippen molar-refractivity contribution in [1.82, 2.24) is 4.90 Å². The van der Waals surface area contributed by atoms with E-state index in [1.165, 1.54) is 0 Å². The fourth-order valence-corrected chi connectivity index (χ4v) is 2.99. The number of carbonyl (C=O) groups is 1. The highest BCUT2D eigenvalue weighted by molar-refractivity contribution is 6.42. The van der Waals surface area contributed by atoms with Gasteiger partial charge in [0.05, 0.1) is 40.4 Å². The third-order valence-corrected chi connectivity index (χ3v) is 4.69. The Morgan fingerprint density at radius 1 is 1.21 bits per heavy atom. The van der Waals surface area contributed by atoms with Crippen molar-refractivity contribution in [3.63, 3.8) is 0 Å². The normalized spacial score (nSPS) is 17.4. The van der Waals surface area contributed by atoms with Crippen LogP contribution in [0.2, 0.25) is 10.0 Å². The number of carbonyl (C=O) groups excluding carboxylic acids is 1. The van der Waals surface area contributed by atoms with Gasteiger partial charge < -0.3 is 9.64 Å². The third-order valence-electron chi connectivity index (χ3n) is 3.95. The van der Waals surface area contributed by atoms with Crippen molar-refractivity contribution in [2.24, 2.45) is 0 Å². The maximum Gasteiger partial charge on any atom is 0.255 e. The van der Waals surface area contributed by atoms with Crippen molar-refractivity contribution in [2.75, 3.05) is 19.7 Å². The maximum absolute atomic E-state index is 12.7. The van der Waals surface area contributed by atoms with Gasteiger partial charge in [0.1, 0.15) is 6.10 Å². The SMILES string of the molecule is N#Cc1ccccc1C(=O)N1CCOC(c2ccc(Cl)c(Cl)c2)C1. The molecule has 0 bridgehead atoms. The molecule has 0 aliphatic carbocycles. The van der Waals surface area contributed by atoms with Gasteiger partial charge in [0.2, 0.25) is 0 Å². The monoisotopic (exact) mass is 360 g/mol. The molecule has 122 valence electrons. The summed E-state index contributed by atoms with van der Waals surface area (Å²) >= 11 is 12.0. The van der Waals surface area contributed by atoms with Crippen molar-refractivity contribution in [2.45, 2.75) is 6.10 Å². The number of amides is 1. The molecule has 0 aromatic heterocycles. The third kappa shape index (κ3) is 3.39. The molecule has 2 aromatic rings. The standard InChI is InChI=1S/C18H14Cl2N2O2/c19-15-6-5-12(9-16(15)20)17-11-22(7-8-24-17)18(23)14-4-2-1-3-13(14)10-21/h1-6,9,17H,7-8,11H2. The molecule has 1 amide bonds. The molecule has 0 saturated carbocycles. The van der Waals surface area contributed by atoms with E-state index in [1.54, 1.807) is 41.3 Å². The zero-order chi connectivity index (χ0) is 17.1. The van der Waals surface area contributed by atoms with Crippen LogP contribution < -0.4 is 0 Å². The lowest BCUT2D eigenvalue weighted by atomic mass is 10.0. The second-order valence-electron chi connectivity index (χ2n) is 5.44. The number of hydrogen-bond acceptors (Lipinski definition) is 3. The smallest absolute Gasteiger partial charge is 0.255 e. The molecular weight excluding hydrogens is 347 g/mol. The summed E-state index contributed by atoms with van der Waals surface area (Å²) in [6, 6.07) is 14.2. The summed E-state index contributed by atoms with van der Waals surface area (Å²) in [5, 5.41) is 10.1. The van der Waals surface area contributed by atoms with E-state index in [4.69, 9.17) is 27.9 Å². The van der Waals surface area contributed by atoms with Gasteiger partial charge in [-0.3, -0.25) is 4.79 Å². The fourth-order valence-electron chi connectivity index (χ4n) is 2.69. The Kier molecular flexibility index (Phi) is 5.06. The number of nitriles is 1. The second-order valence-corrected chi connectivity index (χ2v) is 6.26. The molecule has 0 N–H and O–H groups in total. The van der Waals surface area contributed by atoms with Crippen molar-refractivity contribution in [3.05, 3.63) is 69.2 Å². The summed E-state index contributed by atoms with van der Waals surface area (Å²) < 4.78 is 5.77. The first-order valence-corrected chi connectivity index (χ1v) is 8.20. The Labute approximate surface area is 150 Å². The predicted octanol–water partition coefficient (Wildman–Crippen LogP) is 4.08. The van der Waals surface area contributed by atoms with Gasteiger partial charge in [0.25, 0.3) is 5.91 Å². The zero-order valence-electron chi connectivity index (χ0n) is 12.7. The number of ether oxygens (including phenoxy) is 1. The Morgan fingerprint density at radius 2 is 2.00 bits per heavy atom. The molecule has 1 heterocycles. The first-order valence-electron chi connectivity index (χ1n) is 7.45. The molecule has 1 aliphatic heterocycles. The molecule has 0 radical (unpaired) electrons. The van der Waals surface area contributed by atoms with Crippen molar-refractivity contribution in [1.29, 1.82) is 5.26 Å². The molecule has 1 aliphatic rings. The van der Waals surface area contributed by atoms with Crippen LogP contribution >= 0.6 is 23.2 Å². The minimum atomic E-state index is -0.272. The first-order chi connectivity index (χ1) is 11.6. The van der Waals surface area contributed by atoms with Crippen LogP contribution in [0.4, 0.5) is 0 Å². The molecule has 1 unspecified atom stereocenters. The molecule has 1 fully saturated rings. The van der Waals surface area contributed by atoms with E-state index in [0.717, 1.165) is 5.56 Å². The van der Waals surface area contributed by atoms with Crippen molar-refractivity contribution >= 4 is 29.1 Å². The van der Waals surface area contributed by atoms with E-state index in [-0.39, 0.29) is 12.0 Å². The number of halogens is 2. The van der Waals surface area contributed by atoms with E-state index < -0.39 is 0 Å². The average molecular weight is 361 g/mol. The van der Waals surface area contributed by atoms with Gasteiger partial charge in [0, 0.05) is 6.54 Å². The predicted molar refractivity (Wildman–Crippen MR) is 92.2 cm³/mol. The number of rotatable bonds is 2. The van der Waals surface area contributed by atoms with Crippen molar-refractivity contribution < 1.29 is 9.53 Å². The maximum atomic E-state index is 12.7. The van der Waals surface area contributed by atoms with E-state index >= 15 is 0 Å². The van der Waals surface area contributed by atoms with Crippen LogP contribution in [0.25, 0.3) is 0 Å². The molecular formula is C18H14Cl2N2O2. The number of morpholine rings is 1. The largest absolute Gasteiger partial charge is 0.370 e. The van der Waals surface area contributed by atoms with Crippen LogP contribution in [0, 0.1) is 11.3 Å². The van der Waals surface area contributed by atoms with E-state index in [1.807, 2.05) is 6.07 Å². The van der Waals surface area contributed by atoms with Crippen LogP contribution in [0.5, 0.6) is 0 Å². The van der Waals surface area contributed by atoms with E-state index in [0.29, 0.717) is 40.9 Å². The van der Waals surface area contributed by atoms with Crippen LogP contribution in [-0.2, 0) is 4.74 Å². The summed E-state index contributed by atoms with van der Waals surface area (Å²) in [6.45, 7) is 1.30. The van der Waals surface area contributed by atoms with Gasteiger partial charge in [-0.2, -0.15) is 5.26 Å². The van der Waals surface area contributed by atoms with Crippen LogP contribution in [0.1, 0.15) is 27.6 Å². The summed E-state index contributed by atoms with van der Waals surface area (Å²) in [6.07, 6.45) is -0.272. The summed E-state index contributed by atoms with van der Waals surface area (Å²) in [4.78, 5) is 14.5. The van der Waals surface area contributed by atoms with Gasteiger partial charge in [0.15, 0.2) is 0 Å². The highest BCUT2D eigenvalue weighted by Crippen LogP contribution is 2.29. The molecule has 6 heteroatoms. The topological polar surface area (TPSA) is 53.3 Å². The van der Waals surface area contributed by atoms with Gasteiger partial charge in [-0.25, -0.2) is 0 Å². The summed E-state index contributed by atoms with van der Waals surface area (Å²) in [5.41, 5.74) is 1.66. The van der Waals surface area contributed by atoms with E-state index in [9.17, 15) is 10.1 Å². The minimum absolute atomic E-state index is 0.166. The van der Waals surface area contributed by atoms with Gasteiger partial charge >= 0.3 is 0 Å². The Balaban J connectivity index is 1.81. The molecule has 24 heavy (non-hydrogen) atoms. The molecule has 1 atom stereocenters. The fraction of sp³-hybridized carbons (Fsp3) is 0.222. The van der Waals surface area contributed by atoms with Gasteiger partial charge in [-0.05, 0) is 29.8 Å². The Hall–Kier alpha value is -2.06. The number of benzene rings is 2. The highest BCUT2D eigenvalue weighted by atomic mass is 35.5. The molecule has 0 spiro atoms. The molecule has 3 rings (SSSR count). The Morgan fingerprint density at radius 3 is 2.75 bits per heavy atom.